The minimum Gasteiger partial charge on any atom is -0.370 e. The van der Waals surface area contributed by atoms with Crippen molar-refractivity contribution >= 4 is 17.3 Å². The van der Waals surface area contributed by atoms with Gasteiger partial charge in [0, 0.05) is 30.8 Å². The highest BCUT2D eigenvalue weighted by Gasteiger charge is 2.09. The topological polar surface area (TPSA) is 15.3 Å². The van der Waals surface area contributed by atoms with Gasteiger partial charge in [-0.3, -0.25) is 0 Å². The van der Waals surface area contributed by atoms with Crippen LogP contribution in [0.5, 0.6) is 0 Å². The van der Waals surface area contributed by atoms with Crippen LogP contribution in [0.3, 0.4) is 0 Å². The average molecular weight is 293 g/mol. The summed E-state index contributed by atoms with van der Waals surface area (Å²) in [6, 6.07) is 12.5. The highest BCUT2D eigenvalue weighted by Crippen LogP contribution is 2.25. The van der Waals surface area contributed by atoms with E-state index in [0.29, 0.717) is 6.54 Å². The molecular formula is C16H18ClFN2. The van der Waals surface area contributed by atoms with E-state index in [1.54, 1.807) is 12.1 Å². The third-order valence-electron chi connectivity index (χ3n) is 3.13. The van der Waals surface area contributed by atoms with Crippen molar-refractivity contribution in [1.29, 1.82) is 0 Å². The molecule has 2 aromatic rings. The molecule has 0 aliphatic carbocycles. The largest absolute Gasteiger partial charge is 0.370 e. The molecule has 2 nitrogen and oxygen atoms in total. The minimum atomic E-state index is -0.206. The lowest BCUT2D eigenvalue weighted by molar-refractivity contribution is 0.625. The zero-order chi connectivity index (χ0) is 14.5. The third-order valence-corrected chi connectivity index (χ3v) is 3.36. The predicted molar refractivity (Wildman–Crippen MR) is 82.7 cm³/mol. The Morgan fingerprint density at radius 3 is 2.70 bits per heavy atom. The summed E-state index contributed by atoms with van der Waals surface area (Å²) in [5, 5.41) is 3.85. The molecule has 2 rings (SSSR count). The molecule has 0 heterocycles. The molecule has 0 bridgehead atoms. The van der Waals surface area contributed by atoms with Gasteiger partial charge in [0.15, 0.2) is 0 Å². The van der Waals surface area contributed by atoms with Gasteiger partial charge in [0.25, 0.3) is 0 Å². The lowest BCUT2D eigenvalue weighted by atomic mass is 10.1. The van der Waals surface area contributed by atoms with Crippen molar-refractivity contribution < 1.29 is 4.39 Å². The van der Waals surface area contributed by atoms with Crippen molar-refractivity contribution in [3.63, 3.8) is 0 Å². The van der Waals surface area contributed by atoms with Crippen LogP contribution in [0.15, 0.2) is 42.5 Å². The summed E-state index contributed by atoms with van der Waals surface area (Å²) >= 11 is 6.04. The Labute approximate surface area is 124 Å². The molecule has 0 unspecified atom stereocenters. The maximum absolute atomic E-state index is 13.2. The molecule has 0 fully saturated rings. The van der Waals surface area contributed by atoms with Crippen molar-refractivity contribution in [3.8, 4) is 0 Å². The van der Waals surface area contributed by atoms with E-state index in [1.165, 1.54) is 6.07 Å². The van der Waals surface area contributed by atoms with E-state index in [0.717, 1.165) is 28.4 Å². The standard InChI is InChI=1S/C16H18ClFN2/c1-19-10-13-9-14(17)6-7-16(13)20(2)11-12-4-3-5-15(18)8-12/h3-9,19H,10-11H2,1-2H3. The predicted octanol–water partition coefficient (Wildman–Crippen LogP) is 3.83. The quantitative estimate of drug-likeness (QED) is 0.901. The van der Waals surface area contributed by atoms with Crippen molar-refractivity contribution in [1.82, 2.24) is 5.32 Å². The fourth-order valence-corrected chi connectivity index (χ4v) is 2.45. The van der Waals surface area contributed by atoms with E-state index >= 15 is 0 Å². The molecule has 0 amide bonds. The summed E-state index contributed by atoms with van der Waals surface area (Å²) in [6.07, 6.45) is 0. The van der Waals surface area contributed by atoms with Crippen LogP contribution in [0.2, 0.25) is 5.02 Å². The van der Waals surface area contributed by atoms with E-state index in [1.807, 2.05) is 38.4 Å². The molecule has 0 aliphatic rings. The Morgan fingerprint density at radius 2 is 2.00 bits per heavy atom. The first-order chi connectivity index (χ1) is 9.60. The molecule has 4 heteroatoms. The molecule has 0 spiro atoms. The van der Waals surface area contributed by atoms with Crippen LogP contribution in [-0.4, -0.2) is 14.1 Å². The molecule has 0 aromatic heterocycles. The maximum atomic E-state index is 13.2. The number of rotatable bonds is 5. The van der Waals surface area contributed by atoms with Crippen molar-refractivity contribution in [2.24, 2.45) is 0 Å². The highest BCUT2D eigenvalue weighted by atomic mass is 35.5. The van der Waals surface area contributed by atoms with Crippen molar-refractivity contribution in [3.05, 3.63) is 64.4 Å². The van der Waals surface area contributed by atoms with Crippen LogP contribution in [-0.2, 0) is 13.1 Å². The Hall–Kier alpha value is -1.58. The van der Waals surface area contributed by atoms with Gasteiger partial charge in [0.05, 0.1) is 0 Å². The number of hydrogen-bond donors (Lipinski definition) is 1. The van der Waals surface area contributed by atoms with E-state index in [2.05, 4.69) is 10.2 Å². The normalized spacial score (nSPS) is 10.6. The molecule has 20 heavy (non-hydrogen) atoms. The molecule has 0 saturated heterocycles. The van der Waals surface area contributed by atoms with Gasteiger partial charge >= 0.3 is 0 Å². The highest BCUT2D eigenvalue weighted by molar-refractivity contribution is 6.30. The fraction of sp³-hybridized carbons (Fsp3) is 0.250. The first-order valence-corrected chi connectivity index (χ1v) is 6.86. The SMILES string of the molecule is CNCc1cc(Cl)ccc1N(C)Cc1cccc(F)c1. The summed E-state index contributed by atoms with van der Waals surface area (Å²) < 4.78 is 13.2. The van der Waals surface area contributed by atoms with Crippen LogP contribution in [0, 0.1) is 5.82 Å². The molecule has 2 aromatic carbocycles. The summed E-state index contributed by atoms with van der Waals surface area (Å²) in [7, 11) is 3.89. The van der Waals surface area contributed by atoms with Crippen molar-refractivity contribution in [2.45, 2.75) is 13.1 Å². The van der Waals surface area contributed by atoms with E-state index in [9.17, 15) is 4.39 Å². The summed E-state index contributed by atoms with van der Waals surface area (Å²) in [5.41, 5.74) is 3.16. The van der Waals surface area contributed by atoms with Gasteiger partial charge in [0.2, 0.25) is 0 Å². The second-order valence-electron chi connectivity index (χ2n) is 4.79. The van der Waals surface area contributed by atoms with Gasteiger partial charge in [-0.05, 0) is 48.5 Å². The Kier molecular flexibility index (Phi) is 4.99. The molecule has 0 atom stereocenters. The number of halogens is 2. The lowest BCUT2D eigenvalue weighted by Gasteiger charge is -2.23. The van der Waals surface area contributed by atoms with Gasteiger partial charge in [-0.2, -0.15) is 0 Å². The molecule has 1 N–H and O–H groups in total. The average Bonchev–Trinajstić information content (AvgIpc) is 2.39. The van der Waals surface area contributed by atoms with Gasteiger partial charge in [-0.1, -0.05) is 23.7 Å². The number of anilines is 1. The van der Waals surface area contributed by atoms with E-state index < -0.39 is 0 Å². The first-order valence-electron chi connectivity index (χ1n) is 6.49. The van der Waals surface area contributed by atoms with E-state index in [4.69, 9.17) is 11.6 Å². The van der Waals surface area contributed by atoms with Gasteiger partial charge in [0.1, 0.15) is 5.82 Å². The molecule has 0 saturated carbocycles. The zero-order valence-corrected chi connectivity index (χ0v) is 12.4. The second-order valence-corrected chi connectivity index (χ2v) is 5.23. The smallest absolute Gasteiger partial charge is 0.123 e. The Morgan fingerprint density at radius 1 is 1.20 bits per heavy atom. The fourth-order valence-electron chi connectivity index (χ4n) is 2.25. The summed E-state index contributed by atoms with van der Waals surface area (Å²) in [6.45, 7) is 1.39. The Balaban J connectivity index is 2.22. The maximum Gasteiger partial charge on any atom is 0.123 e. The first kappa shape index (κ1) is 14.8. The van der Waals surface area contributed by atoms with Gasteiger partial charge in [-0.15, -0.1) is 0 Å². The summed E-state index contributed by atoms with van der Waals surface area (Å²) in [4.78, 5) is 2.10. The van der Waals surface area contributed by atoms with Crippen LogP contribution in [0.25, 0.3) is 0 Å². The van der Waals surface area contributed by atoms with Crippen LogP contribution >= 0.6 is 11.6 Å². The lowest BCUT2D eigenvalue weighted by Crippen LogP contribution is -2.19. The number of nitrogens with zero attached hydrogens (tertiary/aromatic N) is 1. The molecular weight excluding hydrogens is 275 g/mol. The Bertz CT molecular complexity index is 586. The number of benzene rings is 2. The zero-order valence-electron chi connectivity index (χ0n) is 11.7. The van der Waals surface area contributed by atoms with Crippen LogP contribution in [0.4, 0.5) is 10.1 Å². The van der Waals surface area contributed by atoms with Crippen LogP contribution < -0.4 is 10.2 Å². The summed E-state index contributed by atoms with van der Waals surface area (Å²) in [5.74, 6) is -0.206. The molecule has 106 valence electrons. The second kappa shape index (κ2) is 6.73. The van der Waals surface area contributed by atoms with E-state index in [-0.39, 0.29) is 5.82 Å². The van der Waals surface area contributed by atoms with Crippen molar-refractivity contribution in [2.75, 3.05) is 19.0 Å². The third kappa shape index (κ3) is 3.71. The van der Waals surface area contributed by atoms with Gasteiger partial charge < -0.3 is 10.2 Å². The monoisotopic (exact) mass is 292 g/mol. The molecule has 0 aliphatic heterocycles. The number of hydrogen-bond acceptors (Lipinski definition) is 2. The van der Waals surface area contributed by atoms with Crippen LogP contribution in [0.1, 0.15) is 11.1 Å². The minimum absolute atomic E-state index is 0.206. The van der Waals surface area contributed by atoms with Gasteiger partial charge in [-0.25, -0.2) is 4.39 Å². The number of nitrogens with one attached hydrogen (secondary N) is 1. The molecule has 0 radical (unpaired) electrons.